The molecule has 0 heterocycles. The zero-order chi connectivity index (χ0) is 20.8. The van der Waals surface area contributed by atoms with Gasteiger partial charge in [-0.3, -0.25) is 9.59 Å². The number of hydrogen-bond donors (Lipinski definition) is 2. The third-order valence-corrected chi connectivity index (χ3v) is 4.33. The van der Waals surface area contributed by atoms with Crippen LogP contribution in [0.15, 0.2) is 66.7 Å². The lowest BCUT2D eigenvalue weighted by Gasteiger charge is -2.12. The summed E-state index contributed by atoms with van der Waals surface area (Å²) >= 11 is 11.8. The van der Waals surface area contributed by atoms with Crippen LogP contribution in [0.2, 0.25) is 10.0 Å². The highest BCUT2D eigenvalue weighted by Gasteiger charge is 2.14. The van der Waals surface area contributed by atoms with E-state index in [9.17, 15) is 14.0 Å². The second kappa shape index (κ2) is 9.41. The Balaban J connectivity index is 1.65. The van der Waals surface area contributed by atoms with Crippen LogP contribution in [0.25, 0.3) is 0 Å². The summed E-state index contributed by atoms with van der Waals surface area (Å²) in [6.07, 6.45) is 0. The molecule has 0 radical (unpaired) electrons. The van der Waals surface area contributed by atoms with E-state index in [0.29, 0.717) is 22.1 Å². The molecular weight excluding hydrogens is 418 g/mol. The molecule has 2 N–H and O–H groups in total. The lowest BCUT2D eigenvalue weighted by atomic mass is 10.1. The van der Waals surface area contributed by atoms with E-state index >= 15 is 0 Å². The molecule has 0 aromatic heterocycles. The van der Waals surface area contributed by atoms with Crippen LogP contribution >= 0.6 is 23.2 Å². The molecule has 3 aromatic rings. The van der Waals surface area contributed by atoms with Crippen LogP contribution < -0.4 is 15.4 Å². The van der Waals surface area contributed by atoms with Crippen LogP contribution in [0.3, 0.4) is 0 Å². The maximum absolute atomic E-state index is 13.0. The zero-order valence-electron chi connectivity index (χ0n) is 14.9. The van der Waals surface area contributed by atoms with Gasteiger partial charge in [-0.2, -0.15) is 0 Å². The molecule has 0 bridgehead atoms. The highest BCUT2D eigenvalue weighted by molar-refractivity contribution is 6.35. The molecule has 3 rings (SSSR count). The highest BCUT2D eigenvalue weighted by atomic mass is 35.5. The van der Waals surface area contributed by atoms with E-state index in [1.54, 1.807) is 36.4 Å². The van der Waals surface area contributed by atoms with Gasteiger partial charge in [-0.15, -0.1) is 0 Å². The Morgan fingerprint density at radius 2 is 1.66 bits per heavy atom. The van der Waals surface area contributed by atoms with Crippen molar-refractivity contribution in [2.24, 2.45) is 0 Å². The number of carbonyl (C=O) groups is 2. The fourth-order valence-corrected chi connectivity index (χ4v) is 2.91. The first kappa shape index (κ1) is 20.6. The van der Waals surface area contributed by atoms with Crippen LogP contribution in [-0.4, -0.2) is 18.4 Å². The van der Waals surface area contributed by atoms with E-state index in [0.717, 1.165) is 0 Å². The number of anilines is 2. The lowest BCUT2D eigenvalue weighted by molar-refractivity contribution is -0.118. The molecule has 0 atom stereocenters. The molecule has 29 heavy (non-hydrogen) atoms. The summed E-state index contributed by atoms with van der Waals surface area (Å²) in [6, 6.07) is 16.5. The molecule has 0 aliphatic rings. The topological polar surface area (TPSA) is 67.4 Å². The van der Waals surface area contributed by atoms with Crippen LogP contribution in [0, 0.1) is 5.82 Å². The Hall–Kier alpha value is -3.09. The zero-order valence-corrected chi connectivity index (χ0v) is 16.4. The average Bonchev–Trinajstić information content (AvgIpc) is 2.69. The van der Waals surface area contributed by atoms with Crippen molar-refractivity contribution in [1.29, 1.82) is 0 Å². The second-order valence-electron chi connectivity index (χ2n) is 5.92. The first-order valence-corrected chi connectivity index (χ1v) is 9.21. The molecule has 0 saturated heterocycles. The minimum absolute atomic E-state index is 0.245. The van der Waals surface area contributed by atoms with Gasteiger partial charge in [-0.25, -0.2) is 4.39 Å². The van der Waals surface area contributed by atoms with Gasteiger partial charge in [0.15, 0.2) is 6.61 Å². The Labute approximate surface area is 176 Å². The maximum atomic E-state index is 13.0. The van der Waals surface area contributed by atoms with Crippen molar-refractivity contribution in [1.82, 2.24) is 0 Å². The Morgan fingerprint density at radius 3 is 2.38 bits per heavy atom. The third kappa shape index (κ3) is 5.70. The fraction of sp³-hybridized carbons (Fsp3) is 0.0476. The quantitative estimate of drug-likeness (QED) is 0.547. The number of hydrogen-bond acceptors (Lipinski definition) is 3. The Bertz CT molecular complexity index is 1040. The molecule has 0 fully saturated rings. The number of nitrogens with one attached hydrogen (secondary N) is 2. The van der Waals surface area contributed by atoms with Crippen LogP contribution in [0.1, 0.15) is 10.4 Å². The van der Waals surface area contributed by atoms with Crippen molar-refractivity contribution in [3.05, 3.63) is 88.2 Å². The smallest absolute Gasteiger partial charge is 0.262 e. The summed E-state index contributed by atoms with van der Waals surface area (Å²) in [6.45, 7) is -0.310. The van der Waals surface area contributed by atoms with E-state index in [4.69, 9.17) is 27.9 Å². The third-order valence-electron chi connectivity index (χ3n) is 3.80. The molecule has 3 aromatic carbocycles. The second-order valence-corrected chi connectivity index (χ2v) is 6.76. The predicted molar refractivity (Wildman–Crippen MR) is 111 cm³/mol. The molecule has 5 nitrogen and oxygen atoms in total. The molecule has 148 valence electrons. The summed E-state index contributed by atoms with van der Waals surface area (Å²) < 4.78 is 18.4. The molecule has 0 spiro atoms. The highest BCUT2D eigenvalue weighted by Crippen LogP contribution is 2.27. The predicted octanol–water partition coefficient (Wildman–Crippen LogP) is 5.40. The van der Waals surface area contributed by atoms with Gasteiger partial charge >= 0.3 is 0 Å². The van der Waals surface area contributed by atoms with Crippen LogP contribution in [0.5, 0.6) is 5.75 Å². The van der Waals surface area contributed by atoms with Gasteiger partial charge in [-0.1, -0.05) is 35.3 Å². The molecule has 0 aliphatic heterocycles. The van der Waals surface area contributed by atoms with Crippen molar-refractivity contribution >= 4 is 46.4 Å². The molecule has 0 saturated carbocycles. The lowest BCUT2D eigenvalue weighted by Crippen LogP contribution is -2.22. The van der Waals surface area contributed by atoms with Crippen molar-refractivity contribution in [2.45, 2.75) is 0 Å². The van der Waals surface area contributed by atoms with E-state index in [1.165, 1.54) is 30.3 Å². The van der Waals surface area contributed by atoms with Crippen LogP contribution in [-0.2, 0) is 4.79 Å². The number of benzene rings is 3. The van der Waals surface area contributed by atoms with Gasteiger partial charge < -0.3 is 15.4 Å². The minimum atomic E-state index is -0.474. The van der Waals surface area contributed by atoms with Gasteiger partial charge in [0.25, 0.3) is 11.8 Å². The molecular formula is C21H15Cl2FN2O3. The van der Waals surface area contributed by atoms with Crippen molar-refractivity contribution < 1.29 is 18.7 Å². The van der Waals surface area contributed by atoms with Gasteiger partial charge in [0.2, 0.25) is 0 Å². The first-order valence-electron chi connectivity index (χ1n) is 8.46. The summed E-state index contributed by atoms with van der Waals surface area (Å²) in [7, 11) is 0. The normalized spacial score (nSPS) is 10.3. The van der Waals surface area contributed by atoms with Crippen molar-refractivity contribution in [2.75, 3.05) is 17.2 Å². The Kier molecular flexibility index (Phi) is 6.69. The van der Waals surface area contributed by atoms with Gasteiger partial charge in [0.05, 0.1) is 16.3 Å². The maximum Gasteiger partial charge on any atom is 0.262 e. The summed E-state index contributed by atoms with van der Waals surface area (Å²) in [5.41, 5.74) is 0.982. The first-order chi connectivity index (χ1) is 13.9. The molecule has 0 aliphatic carbocycles. The van der Waals surface area contributed by atoms with Crippen molar-refractivity contribution in [3.8, 4) is 5.75 Å². The van der Waals surface area contributed by atoms with E-state index in [1.807, 2.05) is 0 Å². The summed E-state index contributed by atoms with van der Waals surface area (Å²) in [5, 5.41) is 6.02. The van der Waals surface area contributed by atoms with Crippen molar-refractivity contribution in [3.63, 3.8) is 0 Å². The number of para-hydroxylation sites is 1. The van der Waals surface area contributed by atoms with Crippen LogP contribution in [0.4, 0.5) is 15.8 Å². The number of carbonyl (C=O) groups excluding carboxylic acids is 2. The monoisotopic (exact) mass is 432 g/mol. The number of ether oxygens (including phenoxy) is 1. The van der Waals surface area contributed by atoms with Gasteiger partial charge in [0, 0.05) is 10.7 Å². The van der Waals surface area contributed by atoms with Gasteiger partial charge in [0.1, 0.15) is 11.6 Å². The largest absolute Gasteiger partial charge is 0.482 e. The minimum Gasteiger partial charge on any atom is -0.482 e. The fourth-order valence-electron chi connectivity index (χ4n) is 2.44. The molecule has 0 unspecified atom stereocenters. The summed E-state index contributed by atoms with van der Waals surface area (Å²) in [5.74, 6) is -1.02. The summed E-state index contributed by atoms with van der Waals surface area (Å²) in [4.78, 5) is 24.8. The number of halogens is 3. The number of rotatable bonds is 6. The number of amides is 2. The molecule has 8 heteroatoms. The average molecular weight is 433 g/mol. The van der Waals surface area contributed by atoms with E-state index < -0.39 is 17.6 Å². The SMILES string of the molecule is O=C(COc1ccc(Cl)cc1Cl)Nc1ccccc1C(=O)Nc1ccc(F)cc1. The molecule has 2 amide bonds. The van der Waals surface area contributed by atoms with E-state index in [-0.39, 0.29) is 17.2 Å². The Morgan fingerprint density at radius 1 is 0.931 bits per heavy atom. The van der Waals surface area contributed by atoms with Gasteiger partial charge in [-0.05, 0) is 54.6 Å². The van der Waals surface area contributed by atoms with E-state index in [2.05, 4.69) is 10.6 Å². The standard InChI is InChI=1S/C21H15Cl2FN2O3/c22-13-5-10-19(17(23)11-13)29-12-20(27)26-18-4-2-1-3-16(18)21(28)25-15-8-6-14(24)7-9-15/h1-11H,12H2,(H,25,28)(H,26,27).